The highest BCUT2D eigenvalue weighted by Gasteiger charge is 2.14. The first kappa shape index (κ1) is 14.3. The standard InChI is InChI=1S/C15H15ClN2O2/c1-11(20-14-7-5-12(16)6-8-14)15(19)18-10-13-4-2-3-9-17-13/h2-9,11H,10H2,1H3,(H,18,19)/t11-/m1/s1. The van der Waals surface area contributed by atoms with Crippen LogP contribution in [0.2, 0.25) is 5.02 Å². The van der Waals surface area contributed by atoms with Gasteiger partial charge in [0.25, 0.3) is 5.91 Å². The Bertz CT molecular complexity index is 558. The molecular weight excluding hydrogens is 276 g/mol. The second kappa shape index (κ2) is 6.91. The summed E-state index contributed by atoms with van der Waals surface area (Å²) >= 11 is 5.79. The van der Waals surface area contributed by atoms with Gasteiger partial charge in [-0.05, 0) is 43.3 Å². The van der Waals surface area contributed by atoms with Crippen molar-refractivity contribution in [3.05, 3.63) is 59.4 Å². The third kappa shape index (κ3) is 4.24. The molecule has 2 rings (SSSR count). The third-order valence-electron chi connectivity index (χ3n) is 2.67. The molecule has 1 heterocycles. The van der Waals surface area contributed by atoms with Crippen LogP contribution in [-0.2, 0) is 11.3 Å². The van der Waals surface area contributed by atoms with Crippen LogP contribution >= 0.6 is 11.6 Å². The van der Waals surface area contributed by atoms with E-state index < -0.39 is 6.10 Å². The van der Waals surface area contributed by atoms with Gasteiger partial charge in [0.2, 0.25) is 0 Å². The molecule has 1 aromatic carbocycles. The first-order valence-corrected chi connectivity index (χ1v) is 6.63. The largest absolute Gasteiger partial charge is 0.481 e. The molecule has 0 aliphatic heterocycles. The van der Waals surface area contributed by atoms with Crippen molar-refractivity contribution in [1.82, 2.24) is 10.3 Å². The Morgan fingerprint density at radius 1 is 1.30 bits per heavy atom. The van der Waals surface area contributed by atoms with Crippen molar-refractivity contribution in [3.8, 4) is 5.75 Å². The van der Waals surface area contributed by atoms with Crippen molar-refractivity contribution >= 4 is 17.5 Å². The quantitative estimate of drug-likeness (QED) is 0.921. The van der Waals surface area contributed by atoms with Crippen molar-refractivity contribution in [1.29, 1.82) is 0 Å². The Labute approximate surface area is 122 Å². The van der Waals surface area contributed by atoms with Gasteiger partial charge in [-0.2, -0.15) is 0 Å². The molecule has 0 bridgehead atoms. The minimum absolute atomic E-state index is 0.189. The summed E-state index contributed by atoms with van der Waals surface area (Å²) in [7, 11) is 0. The van der Waals surface area contributed by atoms with Gasteiger partial charge in [-0.25, -0.2) is 0 Å². The van der Waals surface area contributed by atoms with Gasteiger partial charge in [0.1, 0.15) is 5.75 Å². The van der Waals surface area contributed by atoms with E-state index in [2.05, 4.69) is 10.3 Å². The average molecular weight is 291 g/mol. The van der Waals surface area contributed by atoms with E-state index >= 15 is 0 Å². The molecule has 0 saturated carbocycles. The molecule has 4 nitrogen and oxygen atoms in total. The fourth-order valence-corrected chi connectivity index (χ4v) is 1.72. The first-order valence-electron chi connectivity index (χ1n) is 6.25. The van der Waals surface area contributed by atoms with Crippen LogP contribution in [0.25, 0.3) is 0 Å². The fraction of sp³-hybridized carbons (Fsp3) is 0.200. The molecule has 0 spiro atoms. The average Bonchev–Trinajstić information content (AvgIpc) is 2.48. The Hall–Kier alpha value is -2.07. The van der Waals surface area contributed by atoms with Crippen molar-refractivity contribution in [2.75, 3.05) is 0 Å². The summed E-state index contributed by atoms with van der Waals surface area (Å²) in [4.78, 5) is 16.0. The van der Waals surface area contributed by atoms with Gasteiger partial charge < -0.3 is 10.1 Å². The van der Waals surface area contributed by atoms with Gasteiger partial charge in [0.05, 0.1) is 12.2 Å². The van der Waals surface area contributed by atoms with Gasteiger partial charge in [0, 0.05) is 11.2 Å². The number of nitrogens with zero attached hydrogens (tertiary/aromatic N) is 1. The Morgan fingerprint density at radius 3 is 2.70 bits per heavy atom. The minimum Gasteiger partial charge on any atom is -0.481 e. The molecule has 1 amide bonds. The van der Waals surface area contributed by atoms with Gasteiger partial charge in [-0.15, -0.1) is 0 Å². The zero-order chi connectivity index (χ0) is 14.4. The number of hydrogen-bond acceptors (Lipinski definition) is 3. The second-order valence-electron chi connectivity index (χ2n) is 4.25. The molecule has 0 unspecified atom stereocenters. The summed E-state index contributed by atoms with van der Waals surface area (Å²) in [6.45, 7) is 2.08. The van der Waals surface area contributed by atoms with Crippen LogP contribution in [0.5, 0.6) is 5.75 Å². The highest BCUT2D eigenvalue weighted by Crippen LogP contribution is 2.16. The lowest BCUT2D eigenvalue weighted by molar-refractivity contribution is -0.127. The van der Waals surface area contributed by atoms with E-state index in [1.54, 1.807) is 37.4 Å². The highest BCUT2D eigenvalue weighted by atomic mass is 35.5. The van der Waals surface area contributed by atoms with Crippen LogP contribution in [0.3, 0.4) is 0 Å². The number of amides is 1. The maximum absolute atomic E-state index is 11.9. The number of carbonyl (C=O) groups excluding carboxylic acids is 1. The van der Waals surface area contributed by atoms with Gasteiger partial charge in [-0.1, -0.05) is 17.7 Å². The smallest absolute Gasteiger partial charge is 0.261 e. The van der Waals surface area contributed by atoms with E-state index in [-0.39, 0.29) is 5.91 Å². The lowest BCUT2D eigenvalue weighted by atomic mass is 10.3. The maximum atomic E-state index is 11.9. The Morgan fingerprint density at radius 2 is 2.05 bits per heavy atom. The van der Waals surface area contributed by atoms with E-state index in [0.29, 0.717) is 17.3 Å². The normalized spacial score (nSPS) is 11.7. The lowest BCUT2D eigenvalue weighted by Gasteiger charge is -2.14. The third-order valence-corrected chi connectivity index (χ3v) is 2.92. The number of halogens is 1. The SMILES string of the molecule is C[C@@H](Oc1ccc(Cl)cc1)C(=O)NCc1ccccn1. The monoisotopic (exact) mass is 290 g/mol. The van der Waals surface area contributed by atoms with E-state index in [1.165, 1.54) is 0 Å². The number of rotatable bonds is 5. The van der Waals surface area contributed by atoms with Crippen molar-refractivity contribution in [2.24, 2.45) is 0 Å². The molecule has 0 fully saturated rings. The molecule has 0 radical (unpaired) electrons. The van der Waals surface area contributed by atoms with Crippen molar-refractivity contribution in [2.45, 2.75) is 19.6 Å². The van der Waals surface area contributed by atoms with Crippen LogP contribution in [0.15, 0.2) is 48.7 Å². The molecule has 1 aromatic heterocycles. The van der Waals surface area contributed by atoms with E-state index in [9.17, 15) is 4.79 Å². The van der Waals surface area contributed by atoms with Gasteiger partial charge >= 0.3 is 0 Å². The molecule has 1 atom stereocenters. The molecule has 0 aliphatic carbocycles. The summed E-state index contributed by atoms with van der Waals surface area (Å²) in [5.74, 6) is 0.417. The summed E-state index contributed by atoms with van der Waals surface area (Å²) in [5.41, 5.74) is 0.805. The van der Waals surface area contributed by atoms with Crippen LogP contribution in [0.1, 0.15) is 12.6 Å². The zero-order valence-corrected chi connectivity index (χ0v) is 11.8. The van der Waals surface area contributed by atoms with Gasteiger partial charge in [0.15, 0.2) is 6.10 Å². The maximum Gasteiger partial charge on any atom is 0.261 e. The topological polar surface area (TPSA) is 51.2 Å². The predicted octanol–water partition coefficient (Wildman–Crippen LogP) is 2.82. The summed E-state index contributed by atoms with van der Waals surface area (Å²) < 4.78 is 5.53. The predicted molar refractivity (Wildman–Crippen MR) is 77.6 cm³/mol. The second-order valence-corrected chi connectivity index (χ2v) is 4.69. The molecule has 20 heavy (non-hydrogen) atoms. The molecular formula is C15H15ClN2O2. The molecule has 0 aliphatic rings. The summed E-state index contributed by atoms with van der Waals surface area (Å²) in [6, 6.07) is 12.4. The number of carbonyl (C=O) groups is 1. The number of hydrogen-bond donors (Lipinski definition) is 1. The highest BCUT2D eigenvalue weighted by molar-refractivity contribution is 6.30. The molecule has 104 valence electrons. The van der Waals surface area contributed by atoms with Gasteiger partial charge in [-0.3, -0.25) is 9.78 Å². The van der Waals surface area contributed by atoms with E-state index in [4.69, 9.17) is 16.3 Å². The fourth-order valence-electron chi connectivity index (χ4n) is 1.59. The van der Waals surface area contributed by atoms with Crippen LogP contribution in [0, 0.1) is 0 Å². The molecule has 0 saturated heterocycles. The van der Waals surface area contributed by atoms with Crippen LogP contribution < -0.4 is 10.1 Å². The van der Waals surface area contributed by atoms with Crippen molar-refractivity contribution < 1.29 is 9.53 Å². The number of benzene rings is 1. The number of aromatic nitrogens is 1. The number of ether oxygens (including phenoxy) is 1. The zero-order valence-electron chi connectivity index (χ0n) is 11.0. The van der Waals surface area contributed by atoms with Crippen LogP contribution in [0.4, 0.5) is 0 Å². The molecule has 2 aromatic rings. The molecule has 5 heteroatoms. The van der Waals surface area contributed by atoms with Crippen molar-refractivity contribution in [3.63, 3.8) is 0 Å². The number of pyridine rings is 1. The summed E-state index contributed by atoms with van der Waals surface area (Å²) in [6.07, 6.45) is 1.11. The molecule has 1 N–H and O–H groups in total. The minimum atomic E-state index is -0.583. The first-order chi connectivity index (χ1) is 9.65. The summed E-state index contributed by atoms with van der Waals surface area (Å²) in [5, 5.41) is 3.41. The van der Waals surface area contributed by atoms with Crippen LogP contribution in [-0.4, -0.2) is 17.0 Å². The Balaban J connectivity index is 1.84. The van der Waals surface area contributed by atoms with E-state index in [0.717, 1.165) is 5.69 Å². The number of nitrogens with one attached hydrogen (secondary N) is 1. The Kier molecular flexibility index (Phi) is 4.96. The lowest BCUT2D eigenvalue weighted by Crippen LogP contribution is -2.36. The van der Waals surface area contributed by atoms with E-state index in [1.807, 2.05) is 18.2 Å².